The van der Waals surface area contributed by atoms with Gasteiger partial charge in [-0.2, -0.15) is 0 Å². The van der Waals surface area contributed by atoms with E-state index in [1.54, 1.807) is 12.1 Å². The second kappa shape index (κ2) is 4.16. The third kappa shape index (κ3) is 2.01. The molecule has 0 aliphatic rings. The number of carbonyl (C=O) groups excluding carboxylic acids is 1. The summed E-state index contributed by atoms with van der Waals surface area (Å²) in [6.45, 7) is 0. The molecule has 1 aromatic rings. The Kier molecular flexibility index (Phi) is 3.17. The summed E-state index contributed by atoms with van der Waals surface area (Å²) in [5, 5.41) is 0. The van der Waals surface area contributed by atoms with Gasteiger partial charge < -0.3 is 0 Å². The average molecular weight is 229 g/mol. The summed E-state index contributed by atoms with van der Waals surface area (Å²) in [5.74, 6) is -0.345. The molecular formula is C9H6BrFO. The highest BCUT2D eigenvalue weighted by Crippen LogP contribution is 2.20. The van der Waals surface area contributed by atoms with E-state index < -0.39 is 0 Å². The van der Waals surface area contributed by atoms with E-state index in [1.165, 1.54) is 18.2 Å². The van der Waals surface area contributed by atoms with Crippen LogP contribution in [-0.4, -0.2) is 6.29 Å². The minimum absolute atomic E-state index is 0.345. The summed E-state index contributed by atoms with van der Waals surface area (Å²) in [7, 11) is 0. The molecule has 0 aromatic heterocycles. The summed E-state index contributed by atoms with van der Waals surface area (Å²) < 4.78 is 13.6. The van der Waals surface area contributed by atoms with Crippen molar-refractivity contribution in [3.8, 4) is 0 Å². The highest BCUT2D eigenvalue weighted by Gasteiger charge is 2.00. The molecule has 1 rings (SSSR count). The maximum Gasteiger partial charge on any atom is 0.142 e. The van der Waals surface area contributed by atoms with Crippen molar-refractivity contribution in [1.29, 1.82) is 0 Å². The van der Waals surface area contributed by atoms with Gasteiger partial charge in [0.25, 0.3) is 0 Å². The molecule has 0 N–H and O–H groups in total. The molecule has 0 aliphatic carbocycles. The molecule has 0 bridgehead atoms. The fourth-order valence-corrected chi connectivity index (χ4v) is 1.28. The molecule has 1 nitrogen and oxygen atoms in total. The third-order valence-electron chi connectivity index (χ3n) is 1.34. The SMILES string of the molecule is O=CC=Cc1c(F)cccc1Br. The van der Waals surface area contributed by atoms with Crippen LogP contribution in [0, 0.1) is 5.82 Å². The number of aldehydes is 1. The van der Waals surface area contributed by atoms with Gasteiger partial charge in [0.15, 0.2) is 0 Å². The van der Waals surface area contributed by atoms with Gasteiger partial charge in [0.1, 0.15) is 12.1 Å². The molecule has 0 radical (unpaired) electrons. The van der Waals surface area contributed by atoms with Crippen LogP contribution in [0.1, 0.15) is 5.56 Å². The van der Waals surface area contributed by atoms with Crippen molar-refractivity contribution in [3.63, 3.8) is 0 Å². The van der Waals surface area contributed by atoms with Gasteiger partial charge in [0.05, 0.1) is 0 Å². The number of hydrogen-bond donors (Lipinski definition) is 0. The molecule has 0 spiro atoms. The minimum Gasteiger partial charge on any atom is -0.299 e. The largest absolute Gasteiger partial charge is 0.299 e. The van der Waals surface area contributed by atoms with Gasteiger partial charge in [-0.05, 0) is 24.3 Å². The molecule has 0 saturated heterocycles. The van der Waals surface area contributed by atoms with Crippen molar-refractivity contribution in [2.24, 2.45) is 0 Å². The second-order valence-corrected chi connectivity index (χ2v) is 2.98. The summed E-state index contributed by atoms with van der Waals surface area (Å²) >= 11 is 3.17. The standard InChI is InChI=1S/C9H6BrFO/c10-8-4-1-5-9(11)7(8)3-2-6-12/h1-6H. The van der Waals surface area contributed by atoms with Crippen molar-refractivity contribution >= 4 is 28.3 Å². The Morgan fingerprint density at radius 3 is 2.75 bits per heavy atom. The minimum atomic E-state index is -0.345. The van der Waals surface area contributed by atoms with E-state index in [-0.39, 0.29) is 5.82 Å². The van der Waals surface area contributed by atoms with Gasteiger partial charge >= 0.3 is 0 Å². The highest BCUT2D eigenvalue weighted by molar-refractivity contribution is 9.10. The van der Waals surface area contributed by atoms with Crippen molar-refractivity contribution in [2.75, 3.05) is 0 Å². The van der Waals surface area contributed by atoms with E-state index in [2.05, 4.69) is 15.9 Å². The van der Waals surface area contributed by atoms with Gasteiger partial charge in [0.2, 0.25) is 0 Å². The molecule has 0 saturated carbocycles. The van der Waals surface area contributed by atoms with E-state index in [1.807, 2.05) is 0 Å². The van der Waals surface area contributed by atoms with Gasteiger partial charge in [-0.1, -0.05) is 22.0 Å². The van der Waals surface area contributed by atoms with Crippen LogP contribution >= 0.6 is 15.9 Å². The van der Waals surface area contributed by atoms with Gasteiger partial charge in [0, 0.05) is 10.0 Å². The summed E-state index contributed by atoms with van der Waals surface area (Å²) in [5.41, 5.74) is 0.393. The monoisotopic (exact) mass is 228 g/mol. The molecule has 1 aromatic carbocycles. The Labute approximate surface area is 78.0 Å². The quantitative estimate of drug-likeness (QED) is 0.562. The number of benzene rings is 1. The smallest absolute Gasteiger partial charge is 0.142 e. The Hall–Kier alpha value is -0.960. The number of halogens is 2. The first-order valence-electron chi connectivity index (χ1n) is 3.31. The lowest BCUT2D eigenvalue weighted by Gasteiger charge is -1.97. The molecule has 0 heterocycles. The van der Waals surface area contributed by atoms with E-state index >= 15 is 0 Å². The van der Waals surface area contributed by atoms with Crippen LogP contribution in [0.15, 0.2) is 28.7 Å². The van der Waals surface area contributed by atoms with Crippen LogP contribution in [-0.2, 0) is 4.79 Å². The van der Waals surface area contributed by atoms with Gasteiger partial charge in [-0.25, -0.2) is 4.39 Å². The fraction of sp³-hybridized carbons (Fsp3) is 0. The zero-order chi connectivity index (χ0) is 8.97. The molecule has 3 heteroatoms. The van der Waals surface area contributed by atoms with E-state index in [9.17, 15) is 9.18 Å². The predicted molar refractivity (Wildman–Crippen MR) is 49.2 cm³/mol. The zero-order valence-corrected chi connectivity index (χ0v) is 7.71. The first kappa shape index (κ1) is 9.13. The van der Waals surface area contributed by atoms with Crippen molar-refractivity contribution in [1.82, 2.24) is 0 Å². The van der Waals surface area contributed by atoms with Crippen molar-refractivity contribution < 1.29 is 9.18 Å². The number of rotatable bonds is 2. The van der Waals surface area contributed by atoms with Crippen LogP contribution in [0.25, 0.3) is 6.08 Å². The van der Waals surface area contributed by atoms with Gasteiger partial charge in [-0.15, -0.1) is 0 Å². The fourth-order valence-electron chi connectivity index (χ4n) is 0.805. The molecule has 0 unspecified atom stereocenters. The summed E-state index contributed by atoms with van der Waals surface area (Å²) in [4.78, 5) is 9.98. The third-order valence-corrected chi connectivity index (χ3v) is 2.03. The second-order valence-electron chi connectivity index (χ2n) is 2.13. The maximum atomic E-state index is 13.0. The van der Waals surface area contributed by atoms with Crippen molar-refractivity contribution in [3.05, 3.63) is 40.1 Å². The van der Waals surface area contributed by atoms with E-state index in [4.69, 9.17) is 0 Å². The van der Waals surface area contributed by atoms with E-state index in [0.717, 1.165) is 0 Å². The van der Waals surface area contributed by atoms with Gasteiger partial charge in [-0.3, -0.25) is 4.79 Å². The molecule has 12 heavy (non-hydrogen) atoms. The molecule has 0 atom stereocenters. The first-order valence-corrected chi connectivity index (χ1v) is 4.11. The molecular weight excluding hydrogens is 223 g/mol. The Morgan fingerprint density at radius 2 is 2.17 bits per heavy atom. The molecule has 62 valence electrons. The Morgan fingerprint density at radius 1 is 1.42 bits per heavy atom. The lowest BCUT2D eigenvalue weighted by atomic mass is 10.2. The highest BCUT2D eigenvalue weighted by atomic mass is 79.9. The van der Waals surface area contributed by atoms with Crippen LogP contribution in [0.4, 0.5) is 4.39 Å². The predicted octanol–water partition coefficient (Wildman–Crippen LogP) is 2.80. The van der Waals surface area contributed by atoms with E-state index in [0.29, 0.717) is 16.3 Å². The Balaban J connectivity index is 3.12. The molecule has 0 fully saturated rings. The maximum absolute atomic E-state index is 13.0. The van der Waals surface area contributed by atoms with Crippen molar-refractivity contribution in [2.45, 2.75) is 0 Å². The van der Waals surface area contributed by atoms with Crippen LogP contribution in [0.2, 0.25) is 0 Å². The summed E-state index contributed by atoms with van der Waals surface area (Å²) in [6.07, 6.45) is 3.29. The molecule has 0 aliphatic heterocycles. The van der Waals surface area contributed by atoms with Crippen LogP contribution in [0.5, 0.6) is 0 Å². The topological polar surface area (TPSA) is 17.1 Å². The first-order chi connectivity index (χ1) is 5.75. The van der Waals surface area contributed by atoms with Crippen LogP contribution in [0.3, 0.4) is 0 Å². The normalized spacial score (nSPS) is 10.5. The number of hydrogen-bond acceptors (Lipinski definition) is 1. The Bertz CT molecular complexity index is 300. The molecule has 0 amide bonds. The summed E-state index contributed by atoms with van der Waals surface area (Å²) in [6, 6.07) is 4.65. The zero-order valence-electron chi connectivity index (χ0n) is 6.13. The van der Waals surface area contributed by atoms with Crippen LogP contribution < -0.4 is 0 Å². The number of carbonyl (C=O) groups is 1. The average Bonchev–Trinajstić information content (AvgIpc) is 2.04. The lowest BCUT2D eigenvalue weighted by molar-refractivity contribution is -0.104. The number of allylic oxidation sites excluding steroid dienone is 1. The lowest BCUT2D eigenvalue weighted by Crippen LogP contribution is -1.82.